The molecular weight excluding hydrogens is 1610 g/mol. The van der Waals surface area contributed by atoms with Gasteiger partial charge in [-0.1, -0.05) is 218 Å². The van der Waals surface area contributed by atoms with E-state index < -0.39 is 17.8 Å². The van der Waals surface area contributed by atoms with E-state index in [2.05, 4.69) is 122 Å². The van der Waals surface area contributed by atoms with Gasteiger partial charge in [0.2, 0.25) is 17.2 Å². The van der Waals surface area contributed by atoms with Crippen molar-refractivity contribution >= 4 is 79.7 Å². The quantitative estimate of drug-likeness (QED) is 0.0329. The Labute approximate surface area is 629 Å². The summed E-state index contributed by atoms with van der Waals surface area (Å²) in [5, 5.41) is 10.1. The molecule has 16 nitrogen and oxygen atoms in total. The maximum Gasteiger partial charge on any atom is 0.315 e. The summed E-state index contributed by atoms with van der Waals surface area (Å²) < 4.78 is 45.5. The summed E-state index contributed by atoms with van der Waals surface area (Å²) in [6, 6.07) is 83.4. The molecule has 3 heterocycles. The number of carbonyl (C=O) groups is 2. The Kier molecular flexibility index (Phi) is 29.1. The van der Waals surface area contributed by atoms with Crippen molar-refractivity contribution in [2.45, 2.75) is 84.1 Å². The molecule has 101 heavy (non-hydrogen) atoms. The number of benzene rings is 9. The van der Waals surface area contributed by atoms with Crippen LogP contribution >= 0.6 is 67.8 Å². The highest BCUT2D eigenvalue weighted by molar-refractivity contribution is 14.1. The number of esters is 1. The van der Waals surface area contributed by atoms with Crippen LogP contribution in [0.3, 0.4) is 0 Å². The van der Waals surface area contributed by atoms with E-state index in [9.17, 15) is 14.7 Å². The van der Waals surface area contributed by atoms with Crippen LogP contribution in [0.4, 0.5) is 0 Å². The Bertz CT molecular complexity index is 4470. The number of aryl methyl sites for hydroxylation is 2. The van der Waals surface area contributed by atoms with Gasteiger partial charge in [0, 0.05) is 10.7 Å². The topological polar surface area (TPSA) is 196 Å². The molecule has 2 atom stereocenters. The number of carbonyl (C=O) groups excluding carboxylic acids is 1. The van der Waals surface area contributed by atoms with Crippen LogP contribution in [0, 0.1) is 10.7 Å². The number of hydrogen-bond donors (Lipinski definition) is 1. The van der Waals surface area contributed by atoms with Crippen molar-refractivity contribution in [2.75, 3.05) is 6.61 Å². The van der Waals surface area contributed by atoms with E-state index in [4.69, 9.17) is 33.2 Å². The second-order valence-corrected chi connectivity index (χ2v) is 26.6. The van der Waals surface area contributed by atoms with Crippen molar-refractivity contribution in [3.63, 3.8) is 0 Å². The number of halogens is 3. The number of ether oxygens (including phenoxy) is 7. The van der Waals surface area contributed by atoms with Crippen LogP contribution in [0.2, 0.25) is 0 Å². The average Bonchev–Trinajstić information content (AvgIpc) is 0.823. The van der Waals surface area contributed by atoms with Crippen LogP contribution in [0.5, 0.6) is 34.9 Å². The van der Waals surface area contributed by atoms with Gasteiger partial charge < -0.3 is 38.3 Å². The highest BCUT2D eigenvalue weighted by Crippen LogP contribution is 2.38. The lowest BCUT2D eigenvalue weighted by Crippen LogP contribution is -2.21. The van der Waals surface area contributed by atoms with Gasteiger partial charge in [0.25, 0.3) is 17.6 Å². The summed E-state index contributed by atoms with van der Waals surface area (Å²) in [5.41, 5.74) is 10.8. The summed E-state index contributed by atoms with van der Waals surface area (Å²) >= 11 is 6.80. The van der Waals surface area contributed by atoms with Gasteiger partial charge in [0.1, 0.15) is 81.8 Å². The molecule has 0 radical (unpaired) electrons. The van der Waals surface area contributed by atoms with Gasteiger partial charge in [-0.05, 0) is 187 Å². The van der Waals surface area contributed by atoms with Gasteiger partial charge in [0.15, 0.2) is 0 Å². The monoisotopic (exact) mass is 1680 g/mol. The average molecular weight is 1680 g/mol. The van der Waals surface area contributed by atoms with Gasteiger partial charge in [-0.2, -0.15) is 15.0 Å². The Hall–Kier alpha value is -9.85. The number of aliphatic carboxylic acids is 1. The molecule has 0 saturated heterocycles. The Morgan fingerprint density at radius 1 is 0.337 bits per heavy atom. The first-order chi connectivity index (χ1) is 49.5. The molecule has 19 heteroatoms. The van der Waals surface area contributed by atoms with E-state index in [1.165, 1.54) is 21.8 Å². The number of nitrogens with zero attached hydrogens (tertiary/aromatic N) is 6. The first-order valence-electron chi connectivity index (χ1n) is 32.7. The standard InChI is InChI=1S/C29H27IN2O4.C27H23IN2O4.C26H23IN2O2/c1-2-34-29(33)25(17-21-13-15-24(30)16-14-21)26-27(35-18-22-9-5-3-6-10-22)28(32-20-31-26)36-19-23-11-7-4-8-12-23;28-22-13-11-19(12-14-22)15-23(27(31)32)24-25(33-16-20-7-3-1-4-8-20)26(30-18-29-24)34-17-21-9-5-2-6-10-21;27-23-14-11-20(12-15-23)13-16-24-25(30-17-21-7-3-1-4-8-21)26(29-19-28-24)31-18-22-9-5-2-6-10-22/h3-16,20,25H,2,17-19H2,1H3;1-14,18,23H,15-17H2,(H,31,32);1-12,14-15,19H,13,16-18H2. The van der Waals surface area contributed by atoms with Crippen LogP contribution in [0.1, 0.15) is 85.9 Å². The molecular formula is C82H73I3N6O10. The Balaban J connectivity index is 0.000000164. The zero-order chi connectivity index (χ0) is 70.2. The van der Waals surface area contributed by atoms with Gasteiger partial charge >= 0.3 is 11.9 Å². The highest BCUT2D eigenvalue weighted by Gasteiger charge is 2.32. The summed E-state index contributed by atoms with van der Waals surface area (Å²) in [6.45, 7) is 4.02. The number of rotatable bonds is 30. The molecule has 9 aromatic carbocycles. The van der Waals surface area contributed by atoms with Crippen LogP contribution < -0.4 is 28.4 Å². The molecule has 512 valence electrons. The van der Waals surface area contributed by atoms with Gasteiger partial charge in [-0.3, -0.25) is 9.59 Å². The molecule has 0 fully saturated rings. The minimum Gasteiger partial charge on any atom is -0.482 e. The molecule has 0 bridgehead atoms. The summed E-state index contributed by atoms with van der Waals surface area (Å²) in [5.74, 6) is -0.758. The van der Waals surface area contributed by atoms with Crippen LogP contribution in [-0.4, -0.2) is 53.6 Å². The predicted octanol–water partition coefficient (Wildman–Crippen LogP) is 17.8. The predicted molar refractivity (Wildman–Crippen MR) is 413 cm³/mol. The SMILES string of the molecule is CCOC(=O)C(Cc1ccc(I)cc1)c1ncnc(OCc2ccccc2)c1OCc1ccccc1.Ic1ccc(CCc2ncnc(OCc3ccccc3)c2OCc2ccccc2)cc1.O=C(O)C(Cc1ccc(I)cc1)c1ncnc(OCc2ccccc2)c1OCc1ccccc1. The smallest absolute Gasteiger partial charge is 0.315 e. The van der Waals surface area contributed by atoms with Gasteiger partial charge in [-0.15, -0.1) is 0 Å². The number of carboxylic acids is 1. The van der Waals surface area contributed by atoms with E-state index in [-0.39, 0.29) is 56.3 Å². The molecule has 12 aromatic rings. The molecule has 12 rings (SSSR count). The second-order valence-electron chi connectivity index (χ2n) is 22.9. The second kappa shape index (κ2) is 39.8. The molecule has 0 aliphatic carbocycles. The van der Waals surface area contributed by atoms with E-state index in [1.54, 1.807) is 13.3 Å². The van der Waals surface area contributed by atoms with E-state index >= 15 is 0 Å². The normalized spacial score (nSPS) is 11.2. The molecule has 0 aliphatic rings. The minimum atomic E-state index is -0.990. The summed E-state index contributed by atoms with van der Waals surface area (Å²) in [4.78, 5) is 51.9. The first-order valence-corrected chi connectivity index (χ1v) is 35.9. The molecule has 1 N–H and O–H groups in total. The number of aromatic nitrogens is 6. The van der Waals surface area contributed by atoms with Crippen molar-refractivity contribution < 1.29 is 47.9 Å². The van der Waals surface area contributed by atoms with Crippen LogP contribution in [-0.2, 0) is 79.7 Å². The van der Waals surface area contributed by atoms with E-state index in [0.29, 0.717) is 55.0 Å². The molecule has 3 aromatic heterocycles. The summed E-state index contributed by atoms with van der Waals surface area (Å²) in [6.07, 6.45) is 6.58. The maximum absolute atomic E-state index is 13.2. The fourth-order valence-corrected chi connectivity index (χ4v) is 11.4. The highest BCUT2D eigenvalue weighted by atomic mass is 127. The van der Waals surface area contributed by atoms with Crippen LogP contribution in [0.15, 0.2) is 274 Å². The lowest BCUT2D eigenvalue weighted by molar-refractivity contribution is -0.145. The van der Waals surface area contributed by atoms with E-state index in [1.807, 2.05) is 231 Å². The van der Waals surface area contributed by atoms with Gasteiger partial charge in [-0.25, -0.2) is 15.0 Å². The number of carboxylic acid groups (broad SMARTS) is 1. The Morgan fingerprint density at radius 3 is 0.980 bits per heavy atom. The zero-order valence-corrected chi connectivity index (χ0v) is 61.8. The third-order valence-corrected chi connectivity index (χ3v) is 17.7. The molecule has 2 unspecified atom stereocenters. The zero-order valence-electron chi connectivity index (χ0n) is 55.4. The molecule has 0 amide bonds. The van der Waals surface area contributed by atoms with Crippen molar-refractivity contribution in [2.24, 2.45) is 0 Å². The van der Waals surface area contributed by atoms with Gasteiger partial charge in [0.05, 0.1) is 12.3 Å². The third kappa shape index (κ3) is 23.6. The maximum atomic E-state index is 13.2. The van der Waals surface area contributed by atoms with Crippen molar-refractivity contribution in [3.8, 4) is 34.9 Å². The lowest BCUT2D eigenvalue weighted by atomic mass is 9.95. The van der Waals surface area contributed by atoms with E-state index in [0.717, 1.165) is 70.2 Å². The molecule has 0 saturated carbocycles. The minimum absolute atomic E-state index is 0.221. The Morgan fingerprint density at radius 2 is 0.634 bits per heavy atom. The van der Waals surface area contributed by atoms with Crippen molar-refractivity contribution in [3.05, 3.63) is 352 Å². The molecule has 0 aliphatic heterocycles. The van der Waals surface area contributed by atoms with Crippen molar-refractivity contribution in [1.29, 1.82) is 0 Å². The largest absolute Gasteiger partial charge is 0.482 e. The molecule has 0 spiro atoms. The lowest BCUT2D eigenvalue weighted by Gasteiger charge is -2.20. The summed E-state index contributed by atoms with van der Waals surface area (Å²) in [7, 11) is 0. The fourth-order valence-electron chi connectivity index (χ4n) is 10.4. The fraction of sp³-hybridized carbons (Fsp3) is 0.171. The third-order valence-electron chi connectivity index (χ3n) is 15.6. The first kappa shape index (κ1) is 73.9. The number of hydrogen-bond acceptors (Lipinski definition) is 15. The van der Waals surface area contributed by atoms with Crippen LogP contribution in [0.25, 0.3) is 0 Å². The van der Waals surface area contributed by atoms with Crippen molar-refractivity contribution in [1.82, 2.24) is 29.9 Å².